The van der Waals surface area contributed by atoms with E-state index in [0.717, 1.165) is 30.0 Å². The van der Waals surface area contributed by atoms with E-state index in [1.165, 1.54) is 0 Å². The van der Waals surface area contributed by atoms with Gasteiger partial charge >= 0.3 is 0 Å². The normalized spacial score (nSPS) is 10.6. The molecule has 0 aliphatic carbocycles. The van der Waals surface area contributed by atoms with E-state index in [1.807, 2.05) is 16.8 Å². The number of hydrogen-bond acceptors (Lipinski definition) is 3. The number of aromatic nitrogens is 3. The Bertz CT molecular complexity index is 462. The maximum absolute atomic E-state index is 5.60. The molecule has 2 N–H and O–H groups in total. The highest BCUT2D eigenvalue weighted by molar-refractivity contribution is 5.35. The molecule has 0 saturated carbocycles. The van der Waals surface area contributed by atoms with Crippen LogP contribution in [0.3, 0.4) is 0 Å². The van der Waals surface area contributed by atoms with Crippen LogP contribution in [0.2, 0.25) is 0 Å². The predicted octanol–water partition coefficient (Wildman–Crippen LogP) is 1.33. The highest BCUT2D eigenvalue weighted by atomic mass is 15.1. The van der Waals surface area contributed by atoms with Gasteiger partial charge in [0.15, 0.2) is 0 Å². The van der Waals surface area contributed by atoms with Crippen LogP contribution < -0.4 is 5.73 Å². The Kier molecular flexibility index (Phi) is 3.31. The Labute approximate surface area is 95.1 Å². The summed E-state index contributed by atoms with van der Waals surface area (Å²) in [6.45, 7) is 2.72. The van der Waals surface area contributed by atoms with Gasteiger partial charge in [-0.3, -0.25) is 4.57 Å². The van der Waals surface area contributed by atoms with Gasteiger partial charge in [-0.25, -0.2) is 9.97 Å². The van der Waals surface area contributed by atoms with Gasteiger partial charge in [0, 0.05) is 25.0 Å². The third-order valence-corrected chi connectivity index (χ3v) is 2.54. The van der Waals surface area contributed by atoms with E-state index in [-0.39, 0.29) is 0 Å². The maximum Gasteiger partial charge on any atom is 0.141 e. The molecule has 2 aromatic rings. The lowest BCUT2D eigenvalue weighted by atomic mass is 10.2. The van der Waals surface area contributed by atoms with Crippen molar-refractivity contribution in [3.63, 3.8) is 0 Å². The Balaban J connectivity index is 2.46. The molecular weight excluding hydrogens is 200 g/mol. The van der Waals surface area contributed by atoms with E-state index in [1.54, 1.807) is 12.4 Å². The highest BCUT2D eigenvalue weighted by Gasteiger charge is 2.08. The first-order valence-electron chi connectivity index (χ1n) is 5.53. The lowest BCUT2D eigenvalue weighted by molar-refractivity contribution is 0.841. The van der Waals surface area contributed by atoms with Gasteiger partial charge in [0.1, 0.15) is 11.6 Å². The Morgan fingerprint density at radius 2 is 2.19 bits per heavy atom. The molecule has 16 heavy (non-hydrogen) atoms. The summed E-state index contributed by atoms with van der Waals surface area (Å²) in [6.07, 6.45) is 7.28. The molecule has 4 heteroatoms. The summed E-state index contributed by atoms with van der Waals surface area (Å²) in [4.78, 5) is 8.72. The van der Waals surface area contributed by atoms with Gasteiger partial charge in [0.05, 0.1) is 0 Å². The summed E-state index contributed by atoms with van der Waals surface area (Å²) in [5, 5.41) is 0. The average molecular weight is 216 g/mol. The molecule has 2 rings (SSSR count). The van der Waals surface area contributed by atoms with E-state index in [4.69, 9.17) is 5.73 Å². The fraction of sp³-hybridized carbons (Fsp3) is 0.333. The van der Waals surface area contributed by atoms with Crippen molar-refractivity contribution in [1.29, 1.82) is 0 Å². The zero-order chi connectivity index (χ0) is 11.4. The van der Waals surface area contributed by atoms with E-state index in [9.17, 15) is 0 Å². The van der Waals surface area contributed by atoms with Crippen LogP contribution in [-0.4, -0.2) is 21.1 Å². The molecule has 0 aliphatic rings. The van der Waals surface area contributed by atoms with Crippen LogP contribution in [0.25, 0.3) is 5.82 Å². The first-order valence-corrected chi connectivity index (χ1v) is 5.53. The van der Waals surface area contributed by atoms with Gasteiger partial charge < -0.3 is 5.73 Å². The molecule has 0 spiro atoms. The van der Waals surface area contributed by atoms with Gasteiger partial charge in [-0.05, 0) is 24.6 Å². The molecule has 0 aliphatic heterocycles. The second-order valence-electron chi connectivity index (χ2n) is 3.59. The van der Waals surface area contributed by atoms with Crippen LogP contribution in [0.4, 0.5) is 0 Å². The standard InChI is InChI=1S/C12H16N4/c1-2-11-14-8-9-16(11)12-10(5-6-13)4-3-7-15-12/h3-4,7-9H,2,5-6,13H2,1H3. The van der Waals surface area contributed by atoms with Crippen LogP contribution in [0, 0.1) is 0 Å². The van der Waals surface area contributed by atoms with Gasteiger partial charge in [-0.2, -0.15) is 0 Å². The second kappa shape index (κ2) is 4.90. The SMILES string of the molecule is CCc1nccn1-c1ncccc1CCN. The maximum atomic E-state index is 5.60. The summed E-state index contributed by atoms with van der Waals surface area (Å²) in [7, 11) is 0. The van der Waals surface area contributed by atoms with E-state index in [2.05, 4.69) is 23.0 Å². The fourth-order valence-corrected chi connectivity index (χ4v) is 1.79. The summed E-state index contributed by atoms with van der Waals surface area (Å²) in [5.41, 5.74) is 6.77. The fourth-order valence-electron chi connectivity index (χ4n) is 1.79. The lowest BCUT2D eigenvalue weighted by Crippen LogP contribution is -2.09. The first-order chi connectivity index (χ1) is 7.86. The Morgan fingerprint density at radius 1 is 1.31 bits per heavy atom. The molecule has 4 nitrogen and oxygen atoms in total. The minimum absolute atomic E-state index is 0.634. The largest absolute Gasteiger partial charge is 0.330 e. The van der Waals surface area contributed by atoms with Gasteiger partial charge in [0.2, 0.25) is 0 Å². The molecule has 0 saturated heterocycles. The molecule has 0 aromatic carbocycles. The van der Waals surface area contributed by atoms with Crippen molar-refractivity contribution in [1.82, 2.24) is 14.5 Å². The molecule has 0 radical (unpaired) electrons. The van der Waals surface area contributed by atoms with Crippen LogP contribution in [0.5, 0.6) is 0 Å². The van der Waals surface area contributed by atoms with Gasteiger partial charge in [-0.1, -0.05) is 13.0 Å². The smallest absolute Gasteiger partial charge is 0.141 e. The molecule has 2 aromatic heterocycles. The number of hydrogen-bond donors (Lipinski definition) is 1. The van der Waals surface area contributed by atoms with Gasteiger partial charge in [0.25, 0.3) is 0 Å². The van der Waals surface area contributed by atoms with Crippen molar-refractivity contribution in [3.8, 4) is 5.82 Å². The number of aryl methyl sites for hydroxylation is 1. The molecule has 0 bridgehead atoms. The third kappa shape index (κ3) is 1.97. The quantitative estimate of drug-likeness (QED) is 0.838. The summed E-state index contributed by atoms with van der Waals surface area (Å²) in [6, 6.07) is 4.01. The molecule has 0 fully saturated rings. The zero-order valence-electron chi connectivity index (χ0n) is 9.43. The van der Waals surface area contributed by atoms with E-state index < -0.39 is 0 Å². The number of pyridine rings is 1. The summed E-state index contributed by atoms with van der Waals surface area (Å²) < 4.78 is 2.03. The van der Waals surface area contributed by atoms with E-state index >= 15 is 0 Å². The molecule has 0 atom stereocenters. The minimum atomic E-state index is 0.634. The van der Waals surface area contributed by atoms with Crippen LogP contribution in [0.15, 0.2) is 30.7 Å². The van der Waals surface area contributed by atoms with Crippen molar-refractivity contribution in [2.75, 3.05) is 6.54 Å². The van der Waals surface area contributed by atoms with Gasteiger partial charge in [-0.15, -0.1) is 0 Å². The van der Waals surface area contributed by atoms with Crippen LogP contribution >= 0.6 is 0 Å². The topological polar surface area (TPSA) is 56.7 Å². The van der Waals surface area contributed by atoms with Crippen molar-refractivity contribution in [3.05, 3.63) is 42.1 Å². The van der Waals surface area contributed by atoms with Crippen molar-refractivity contribution in [2.45, 2.75) is 19.8 Å². The highest BCUT2D eigenvalue weighted by Crippen LogP contribution is 2.14. The van der Waals surface area contributed by atoms with Crippen molar-refractivity contribution >= 4 is 0 Å². The Morgan fingerprint density at radius 3 is 2.94 bits per heavy atom. The van der Waals surface area contributed by atoms with Crippen molar-refractivity contribution in [2.24, 2.45) is 5.73 Å². The number of rotatable bonds is 4. The molecule has 0 amide bonds. The third-order valence-electron chi connectivity index (χ3n) is 2.54. The number of nitrogens with zero attached hydrogens (tertiary/aromatic N) is 3. The first kappa shape index (κ1) is 10.8. The summed E-state index contributed by atoms with van der Waals surface area (Å²) in [5.74, 6) is 1.97. The Hall–Kier alpha value is -1.68. The zero-order valence-corrected chi connectivity index (χ0v) is 9.43. The second-order valence-corrected chi connectivity index (χ2v) is 3.59. The van der Waals surface area contributed by atoms with Crippen molar-refractivity contribution < 1.29 is 0 Å². The average Bonchev–Trinajstić information content (AvgIpc) is 2.78. The lowest BCUT2D eigenvalue weighted by Gasteiger charge is -2.10. The molecule has 84 valence electrons. The molecule has 2 heterocycles. The summed E-state index contributed by atoms with van der Waals surface area (Å²) >= 11 is 0. The number of nitrogens with two attached hydrogens (primary N) is 1. The monoisotopic (exact) mass is 216 g/mol. The molecular formula is C12H16N4. The predicted molar refractivity (Wildman–Crippen MR) is 63.5 cm³/mol. The van der Waals surface area contributed by atoms with Crippen LogP contribution in [0.1, 0.15) is 18.3 Å². The number of imidazole rings is 1. The molecule has 0 unspecified atom stereocenters. The minimum Gasteiger partial charge on any atom is -0.330 e. The van der Waals surface area contributed by atoms with Crippen LogP contribution in [-0.2, 0) is 12.8 Å². The van der Waals surface area contributed by atoms with E-state index in [0.29, 0.717) is 6.54 Å².